The van der Waals surface area contributed by atoms with Gasteiger partial charge in [-0.25, -0.2) is 4.79 Å². The average Bonchev–Trinajstić information content (AvgIpc) is 3.12. The van der Waals surface area contributed by atoms with E-state index in [1.807, 2.05) is 0 Å². The maximum Gasteiger partial charge on any atom is 0.338 e. The van der Waals surface area contributed by atoms with Crippen LogP contribution in [0, 0.1) is 0 Å². The van der Waals surface area contributed by atoms with Crippen molar-refractivity contribution in [2.75, 3.05) is 19.8 Å². The lowest BCUT2D eigenvalue weighted by atomic mass is 10.2. The Hall–Kier alpha value is -2.67. The van der Waals surface area contributed by atoms with Gasteiger partial charge in [-0.2, -0.15) is 0 Å². The van der Waals surface area contributed by atoms with Crippen LogP contribution < -0.4 is 5.32 Å². The summed E-state index contributed by atoms with van der Waals surface area (Å²) in [6.07, 6.45) is 0. The Morgan fingerprint density at radius 1 is 0.957 bits per heavy atom. The molecule has 0 aliphatic rings. The van der Waals surface area contributed by atoms with E-state index in [-0.39, 0.29) is 25.7 Å². The number of rotatable bonds is 7. The summed E-state index contributed by atoms with van der Waals surface area (Å²) in [4.78, 5) is 35.2. The fourth-order valence-corrected chi connectivity index (χ4v) is 2.29. The quantitative estimate of drug-likeness (QED) is 0.618. The van der Waals surface area contributed by atoms with E-state index in [1.165, 1.54) is 11.3 Å². The predicted molar refractivity (Wildman–Crippen MR) is 84.3 cm³/mol. The molecule has 2 aromatic rings. The lowest BCUT2D eigenvalue weighted by molar-refractivity contribution is -0.143. The van der Waals surface area contributed by atoms with Crippen LogP contribution in [-0.2, 0) is 14.3 Å². The van der Waals surface area contributed by atoms with Crippen molar-refractivity contribution in [1.29, 1.82) is 0 Å². The van der Waals surface area contributed by atoms with Crippen LogP contribution in [0.2, 0.25) is 0 Å². The maximum atomic E-state index is 11.6. The van der Waals surface area contributed by atoms with Crippen LogP contribution in [0.5, 0.6) is 0 Å². The molecule has 1 N–H and O–H groups in total. The van der Waals surface area contributed by atoms with Crippen molar-refractivity contribution in [3.8, 4) is 0 Å². The molecule has 2 rings (SSSR count). The van der Waals surface area contributed by atoms with Gasteiger partial charge in [-0.15, -0.1) is 11.3 Å². The van der Waals surface area contributed by atoms with Gasteiger partial charge in [0.05, 0.1) is 10.4 Å². The number of thiophene rings is 1. The molecule has 0 spiro atoms. The summed E-state index contributed by atoms with van der Waals surface area (Å²) in [6, 6.07) is 11.9. The molecule has 23 heavy (non-hydrogen) atoms. The summed E-state index contributed by atoms with van der Waals surface area (Å²) >= 11 is 1.28. The van der Waals surface area contributed by atoms with Gasteiger partial charge in [0.25, 0.3) is 5.91 Å². The SMILES string of the molecule is O=C(CNC(=O)c1cccs1)OCCOC(=O)c1ccccc1. The molecule has 0 saturated carbocycles. The zero-order valence-electron chi connectivity index (χ0n) is 12.2. The first kappa shape index (κ1) is 16.7. The van der Waals surface area contributed by atoms with E-state index in [0.717, 1.165) is 0 Å². The second-order valence-corrected chi connectivity index (χ2v) is 5.33. The average molecular weight is 333 g/mol. The number of carbonyl (C=O) groups excluding carboxylic acids is 3. The third-order valence-electron chi connectivity index (χ3n) is 2.73. The Kier molecular flexibility index (Phi) is 6.31. The molecular weight excluding hydrogens is 318 g/mol. The molecule has 6 nitrogen and oxygen atoms in total. The van der Waals surface area contributed by atoms with E-state index in [0.29, 0.717) is 10.4 Å². The van der Waals surface area contributed by atoms with E-state index >= 15 is 0 Å². The highest BCUT2D eigenvalue weighted by atomic mass is 32.1. The first-order valence-corrected chi connectivity index (χ1v) is 7.74. The Morgan fingerprint density at radius 2 is 1.70 bits per heavy atom. The highest BCUT2D eigenvalue weighted by molar-refractivity contribution is 7.12. The highest BCUT2D eigenvalue weighted by Gasteiger charge is 2.10. The zero-order chi connectivity index (χ0) is 16.5. The summed E-state index contributed by atoms with van der Waals surface area (Å²) in [5, 5.41) is 4.22. The first-order valence-electron chi connectivity index (χ1n) is 6.86. The normalized spacial score (nSPS) is 9.91. The Morgan fingerprint density at radius 3 is 2.39 bits per heavy atom. The topological polar surface area (TPSA) is 81.7 Å². The number of benzene rings is 1. The van der Waals surface area contributed by atoms with Crippen molar-refractivity contribution in [2.24, 2.45) is 0 Å². The summed E-state index contributed by atoms with van der Waals surface area (Å²) in [5.74, 6) is -1.40. The van der Waals surface area contributed by atoms with Crippen molar-refractivity contribution in [1.82, 2.24) is 5.32 Å². The minimum atomic E-state index is -0.592. The van der Waals surface area contributed by atoms with Gasteiger partial charge in [-0.05, 0) is 23.6 Å². The molecule has 0 bridgehead atoms. The van der Waals surface area contributed by atoms with Crippen LogP contribution in [0.3, 0.4) is 0 Å². The van der Waals surface area contributed by atoms with Gasteiger partial charge in [-0.3, -0.25) is 9.59 Å². The smallest absolute Gasteiger partial charge is 0.338 e. The number of amides is 1. The Bertz CT molecular complexity index is 654. The number of hydrogen-bond donors (Lipinski definition) is 1. The summed E-state index contributed by atoms with van der Waals surface area (Å²) in [7, 11) is 0. The molecule has 0 aliphatic heterocycles. The maximum absolute atomic E-state index is 11.6. The third-order valence-corrected chi connectivity index (χ3v) is 3.60. The molecule has 0 radical (unpaired) electrons. The second kappa shape index (κ2) is 8.70. The molecule has 120 valence electrons. The van der Waals surface area contributed by atoms with Crippen LogP contribution >= 0.6 is 11.3 Å². The van der Waals surface area contributed by atoms with E-state index in [9.17, 15) is 14.4 Å². The predicted octanol–water partition coefficient (Wildman–Crippen LogP) is 1.88. The number of esters is 2. The second-order valence-electron chi connectivity index (χ2n) is 4.38. The zero-order valence-corrected chi connectivity index (χ0v) is 13.0. The lowest BCUT2D eigenvalue weighted by Crippen LogP contribution is -2.30. The van der Waals surface area contributed by atoms with Crippen LogP contribution in [0.15, 0.2) is 47.8 Å². The fourth-order valence-electron chi connectivity index (χ4n) is 1.65. The van der Waals surface area contributed by atoms with Crippen LogP contribution in [-0.4, -0.2) is 37.6 Å². The van der Waals surface area contributed by atoms with Crippen LogP contribution in [0.4, 0.5) is 0 Å². The Labute approximate surface area is 137 Å². The molecule has 0 fully saturated rings. The molecule has 1 aromatic heterocycles. The van der Waals surface area contributed by atoms with Gasteiger partial charge in [0.1, 0.15) is 19.8 Å². The third kappa shape index (κ3) is 5.55. The van der Waals surface area contributed by atoms with Crippen molar-refractivity contribution >= 4 is 29.2 Å². The summed E-state index contributed by atoms with van der Waals surface area (Å²) < 4.78 is 9.83. The molecule has 1 heterocycles. The van der Waals surface area contributed by atoms with Gasteiger partial charge in [0, 0.05) is 0 Å². The lowest BCUT2D eigenvalue weighted by Gasteiger charge is -2.07. The first-order chi connectivity index (χ1) is 11.2. The fraction of sp³-hybridized carbons (Fsp3) is 0.188. The summed E-state index contributed by atoms with van der Waals surface area (Å²) in [6.45, 7) is -0.339. The number of carbonyl (C=O) groups is 3. The van der Waals surface area contributed by atoms with Crippen molar-refractivity contribution in [2.45, 2.75) is 0 Å². The standard InChI is InChI=1S/C16H15NO5S/c18-14(11-17-15(19)13-7-4-10-23-13)21-8-9-22-16(20)12-5-2-1-3-6-12/h1-7,10H,8-9,11H2,(H,17,19). The van der Waals surface area contributed by atoms with E-state index in [1.54, 1.807) is 47.8 Å². The van der Waals surface area contributed by atoms with Gasteiger partial charge >= 0.3 is 11.9 Å². The van der Waals surface area contributed by atoms with Gasteiger partial charge < -0.3 is 14.8 Å². The highest BCUT2D eigenvalue weighted by Crippen LogP contribution is 2.07. The molecule has 0 saturated heterocycles. The van der Waals surface area contributed by atoms with Gasteiger partial charge in [-0.1, -0.05) is 24.3 Å². The molecule has 0 unspecified atom stereocenters. The van der Waals surface area contributed by atoms with Crippen molar-refractivity contribution < 1.29 is 23.9 Å². The minimum Gasteiger partial charge on any atom is -0.461 e. The van der Waals surface area contributed by atoms with Crippen LogP contribution in [0.25, 0.3) is 0 Å². The molecule has 0 atom stereocenters. The van der Waals surface area contributed by atoms with E-state index < -0.39 is 11.9 Å². The molecule has 7 heteroatoms. The molecule has 0 aliphatic carbocycles. The monoisotopic (exact) mass is 333 g/mol. The van der Waals surface area contributed by atoms with E-state index in [4.69, 9.17) is 9.47 Å². The Balaban J connectivity index is 1.60. The van der Waals surface area contributed by atoms with E-state index in [2.05, 4.69) is 5.32 Å². The molecule has 1 amide bonds. The molecule has 1 aromatic carbocycles. The van der Waals surface area contributed by atoms with Gasteiger partial charge in [0.2, 0.25) is 0 Å². The number of hydrogen-bond acceptors (Lipinski definition) is 6. The summed E-state index contributed by atoms with van der Waals surface area (Å²) in [5.41, 5.74) is 0.432. The van der Waals surface area contributed by atoms with Gasteiger partial charge in [0.15, 0.2) is 0 Å². The number of ether oxygens (including phenoxy) is 2. The number of nitrogens with one attached hydrogen (secondary N) is 1. The minimum absolute atomic E-state index is 0.0433. The molecular formula is C16H15NO5S. The largest absolute Gasteiger partial charge is 0.461 e. The van der Waals surface area contributed by atoms with Crippen molar-refractivity contribution in [3.63, 3.8) is 0 Å². The van der Waals surface area contributed by atoms with Crippen LogP contribution in [0.1, 0.15) is 20.0 Å². The van der Waals surface area contributed by atoms with Crippen molar-refractivity contribution in [3.05, 3.63) is 58.3 Å².